The zero-order valence-corrected chi connectivity index (χ0v) is 12.1. The molecule has 1 aromatic carbocycles. The van der Waals surface area contributed by atoms with Gasteiger partial charge < -0.3 is 14.2 Å². The van der Waals surface area contributed by atoms with Crippen molar-refractivity contribution in [3.63, 3.8) is 0 Å². The van der Waals surface area contributed by atoms with Gasteiger partial charge in [-0.25, -0.2) is 0 Å². The van der Waals surface area contributed by atoms with Gasteiger partial charge >= 0.3 is 0 Å². The molecule has 3 rings (SSSR count). The Hall–Kier alpha value is -1.83. The highest BCUT2D eigenvalue weighted by Gasteiger charge is 2.49. The summed E-state index contributed by atoms with van der Waals surface area (Å²) in [7, 11) is 6.11. The molecule has 0 amide bonds. The van der Waals surface area contributed by atoms with Crippen molar-refractivity contribution in [2.24, 2.45) is 12.5 Å². The normalized spacial score (nSPS) is 18.8. The van der Waals surface area contributed by atoms with Crippen molar-refractivity contribution >= 4 is 10.9 Å². The Bertz CT molecular complexity index is 677. The summed E-state index contributed by atoms with van der Waals surface area (Å²) in [6, 6.07) is 10.9. The van der Waals surface area contributed by atoms with E-state index in [4.69, 9.17) is 4.74 Å². The molecule has 1 unspecified atom stereocenters. The fourth-order valence-electron chi connectivity index (χ4n) is 3.27. The minimum atomic E-state index is -0.437. The summed E-state index contributed by atoms with van der Waals surface area (Å²) in [6.07, 6.45) is 2.15. The molecule has 1 aromatic heterocycles. The number of aryl methyl sites for hydroxylation is 1. The highest BCUT2D eigenvalue weighted by Crippen LogP contribution is 2.45. The van der Waals surface area contributed by atoms with Crippen molar-refractivity contribution in [1.29, 1.82) is 5.26 Å². The van der Waals surface area contributed by atoms with Gasteiger partial charge in [-0.15, -0.1) is 0 Å². The van der Waals surface area contributed by atoms with Crippen LogP contribution in [0.5, 0.6) is 0 Å². The number of fused-ring (bicyclic) bond motifs is 1. The second-order valence-electron chi connectivity index (χ2n) is 5.84. The van der Waals surface area contributed by atoms with Crippen LogP contribution in [0.3, 0.4) is 0 Å². The highest BCUT2D eigenvalue weighted by molar-refractivity contribution is 5.84. The molecule has 0 spiro atoms. The van der Waals surface area contributed by atoms with E-state index in [0.29, 0.717) is 13.2 Å². The number of nitrogens with zero attached hydrogens (tertiary/aromatic N) is 3. The highest BCUT2D eigenvalue weighted by atomic mass is 16.5. The molecule has 1 atom stereocenters. The smallest absolute Gasteiger partial charge is 0.123 e. The number of ether oxygens (including phenoxy) is 1. The maximum Gasteiger partial charge on any atom is 0.123 e. The van der Waals surface area contributed by atoms with Crippen LogP contribution in [0.1, 0.15) is 11.6 Å². The summed E-state index contributed by atoms with van der Waals surface area (Å²) >= 11 is 0. The molecule has 1 aliphatic rings. The Morgan fingerprint density at radius 1 is 1.35 bits per heavy atom. The van der Waals surface area contributed by atoms with E-state index in [2.05, 4.69) is 47.0 Å². The quantitative estimate of drug-likeness (QED) is 0.858. The van der Waals surface area contributed by atoms with Gasteiger partial charge in [-0.1, -0.05) is 18.2 Å². The third-order valence-corrected chi connectivity index (χ3v) is 4.20. The molecule has 4 nitrogen and oxygen atoms in total. The van der Waals surface area contributed by atoms with Crippen LogP contribution < -0.4 is 0 Å². The van der Waals surface area contributed by atoms with Crippen molar-refractivity contribution in [1.82, 2.24) is 9.47 Å². The SMILES string of the molecule is CN(C)C(c1cn(C)c2ccccc12)C1(C#N)COC1. The number of aromatic nitrogens is 1. The van der Waals surface area contributed by atoms with Crippen molar-refractivity contribution in [3.05, 3.63) is 36.0 Å². The predicted octanol–water partition coefficient (Wildman–Crippen LogP) is 2.32. The van der Waals surface area contributed by atoms with Gasteiger partial charge in [-0.3, -0.25) is 0 Å². The van der Waals surface area contributed by atoms with Crippen LogP contribution in [-0.2, 0) is 11.8 Å². The summed E-state index contributed by atoms with van der Waals surface area (Å²) in [5, 5.41) is 10.9. The van der Waals surface area contributed by atoms with Crippen molar-refractivity contribution in [2.75, 3.05) is 27.3 Å². The van der Waals surface area contributed by atoms with Crippen LogP contribution in [-0.4, -0.2) is 36.8 Å². The fourth-order valence-corrected chi connectivity index (χ4v) is 3.27. The van der Waals surface area contributed by atoms with Crippen molar-refractivity contribution in [3.8, 4) is 6.07 Å². The molecule has 0 bridgehead atoms. The molecule has 20 heavy (non-hydrogen) atoms. The van der Waals surface area contributed by atoms with Gasteiger partial charge in [-0.05, 0) is 25.7 Å². The van der Waals surface area contributed by atoms with Gasteiger partial charge in [0.2, 0.25) is 0 Å². The third kappa shape index (κ3) is 1.75. The molecule has 1 saturated heterocycles. The van der Waals surface area contributed by atoms with Gasteiger partial charge in [0.15, 0.2) is 0 Å². The Kier molecular flexibility index (Phi) is 3.04. The minimum absolute atomic E-state index is 0.0485. The van der Waals surface area contributed by atoms with E-state index in [-0.39, 0.29) is 6.04 Å². The number of rotatable bonds is 3. The second kappa shape index (κ2) is 4.62. The lowest BCUT2D eigenvalue weighted by molar-refractivity contribution is -0.115. The Morgan fingerprint density at radius 2 is 2.05 bits per heavy atom. The molecule has 2 aromatic rings. The number of para-hydroxylation sites is 1. The van der Waals surface area contributed by atoms with Gasteiger partial charge in [0, 0.05) is 24.1 Å². The predicted molar refractivity (Wildman–Crippen MR) is 78.2 cm³/mol. The van der Waals surface area contributed by atoms with Gasteiger partial charge in [-0.2, -0.15) is 5.26 Å². The largest absolute Gasteiger partial charge is 0.378 e. The van der Waals surface area contributed by atoms with Crippen LogP contribution in [0.2, 0.25) is 0 Å². The van der Waals surface area contributed by atoms with Crippen LogP contribution in [0.15, 0.2) is 30.5 Å². The summed E-state index contributed by atoms with van der Waals surface area (Å²) in [6.45, 7) is 1.02. The molecular formula is C16H19N3O. The average Bonchev–Trinajstić information content (AvgIpc) is 2.71. The van der Waals surface area contributed by atoms with Crippen molar-refractivity contribution in [2.45, 2.75) is 6.04 Å². The van der Waals surface area contributed by atoms with Crippen LogP contribution in [0.4, 0.5) is 0 Å². The van der Waals surface area contributed by atoms with E-state index >= 15 is 0 Å². The van der Waals surface area contributed by atoms with Crippen molar-refractivity contribution < 1.29 is 4.74 Å². The molecular weight excluding hydrogens is 250 g/mol. The topological polar surface area (TPSA) is 41.2 Å². The molecule has 2 heterocycles. The number of hydrogen-bond acceptors (Lipinski definition) is 3. The van der Waals surface area contributed by atoms with E-state index in [0.717, 1.165) is 0 Å². The Labute approximate surface area is 119 Å². The maximum atomic E-state index is 9.63. The standard InChI is InChI=1S/C16H19N3O/c1-18(2)15(16(9-17)10-20-11-16)13-8-19(3)14-7-5-4-6-12(13)14/h4-8,15H,10-11H2,1-3H3. The first-order valence-electron chi connectivity index (χ1n) is 6.78. The molecule has 0 saturated carbocycles. The molecule has 1 fully saturated rings. The number of hydrogen-bond donors (Lipinski definition) is 0. The van der Waals surface area contributed by atoms with Crippen LogP contribution in [0, 0.1) is 16.7 Å². The van der Waals surface area contributed by atoms with E-state index in [1.54, 1.807) is 0 Å². The lowest BCUT2D eigenvalue weighted by Gasteiger charge is -2.44. The lowest BCUT2D eigenvalue weighted by atomic mass is 9.76. The lowest BCUT2D eigenvalue weighted by Crippen LogP contribution is -2.50. The maximum absolute atomic E-state index is 9.63. The zero-order chi connectivity index (χ0) is 14.3. The minimum Gasteiger partial charge on any atom is -0.378 e. The monoisotopic (exact) mass is 269 g/mol. The first-order chi connectivity index (χ1) is 9.59. The Morgan fingerprint density at radius 3 is 2.60 bits per heavy atom. The fraction of sp³-hybridized carbons (Fsp3) is 0.438. The molecule has 1 aliphatic heterocycles. The molecule has 0 aliphatic carbocycles. The number of nitriles is 1. The molecule has 0 N–H and O–H groups in total. The van der Waals surface area contributed by atoms with E-state index in [9.17, 15) is 5.26 Å². The summed E-state index contributed by atoms with van der Waals surface area (Å²) in [5.41, 5.74) is 1.97. The molecule has 4 heteroatoms. The summed E-state index contributed by atoms with van der Waals surface area (Å²) in [5.74, 6) is 0. The summed E-state index contributed by atoms with van der Waals surface area (Å²) in [4.78, 5) is 2.13. The Balaban J connectivity index is 2.19. The van der Waals surface area contributed by atoms with E-state index in [1.165, 1.54) is 16.5 Å². The molecule has 104 valence electrons. The van der Waals surface area contributed by atoms with Gasteiger partial charge in [0.05, 0.1) is 25.3 Å². The second-order valence-corrected chi connectivity index (χ2v) is 5.84. The van der Waals surface area contributed by atoms with Crippen LogP contribution in [0.25, 0.3) is 10.9 Å². The van der Waals surface area contributed by atoms with E-state index < -0.39 is 5.41 Å². The van der Waals surface area contributed by atoms with Gasteiger partial charge in [0.25, 0.3) is 0 Å². The number of benzene rings is 1. The molecule has 0 radical (unpaired) electrons. The average molecular weight is 269 g/mol. The van der Waals surface area contributed by atoms with E-state index in [1.807, 2.05) is 20.2 Å². The third-order valence-electron chi connectivity index (χ3n) is 4.20. The first-order valence-corrected chi connectivity index (χ1v) is 6.78. The zero-order valence-electron chi connectivity index (χ0n) is 12.1. The van der Waals surface area contributed by atoms with Gasteiger partial charge in [0.1, 0.15) is 5.41 Å². The van der Waals surface area contributed by atoms with Crippen LogP contribution >= 0.6 is 0 Å². The summed E-state index contributed by atoms with van der Waals surface area (Å²) < 4.78 is 7.48. The first kappa shape index (κ1) is 13.2.